The van der Waals surface area contributed by atoms with Gasteiger partial charge in [-0.05, 0) is 12.1 Å². The second-order valence-electron chi connectivity index (χ2n) is 3.66. The van der Waals surface area contributed by atoms with Gasteiger partial charge in [0.15, 0.2) is 0 Å². The lowest BCUT2D eigenvalue weighted by atomic mass is 10.1. The van der Waals surface area contributed by atoms with Gasteiger partial charge in [-0.25, -0.2) is 0 Å². The summed E-state index contributed by atoms with van der Waals surface area (Å²) in [6, 6.07) is 6.72. The second-order valence-corrected chi connectivity index (χ2v) is 5.15. The molecule has 0 aromatic heterocycles. The maximum atomic E-state index is 11.9. The summed E-state index contributed by atoms with van der Waals surface area (Å²) in [7, 11) is 0. The molecule has 1 aliphatic rings. The molecule has 0 aliphatic carbocycles. The summed E-state index contributed by atoms with van der Waals surface area (Å²) in [4.78, 5) is 11.9. The average Bonchev–Trinajstić information content (AvgIpc) is 2.65. The van der Waals surface area contributed by atoms with Gasteiger partial charge in [0.25, 0.3) is 5.91 Å². The summed E-state index contributed by atoms with van der Waals surface area (Å²) in [6.45, 7) is 0. The van der Waals surface area contributed by atoms with E-state index in [0.717, 1.165) is 5.75 Å². The third-order valence-electron chi connectivity index (χ3n) is 2.49. The van der Waals surface area contributed by atoms with Crippen LogP contribution in [0, 0.1) is 0 Å². The minimum atomic E-state index is -0.462. The summed E-state index contributed by atoms with van der Waals surface area (Å²) in [6.07, 6.45) is -0.462. The SMILES string of the molecule is O=C(NC1CSCC1O)c1ccccc1Cl. The van der Waals surface area contributed by atoms with Crippen LogP contribution >= 0.6 is 23.4 Å². The van der Waals surface area contributed by atoms with Crippen LogP contribution in [0.3, 0.4) is 0 Å². The molecular formula is C11H12ClNO2S. The predicted octanol–water partition coefficient (Wildman–Crippen LogP) is 1.55. The van der Waals surface area contributed by atoms with Crippen LogP contribution in [0.15, 0.2) is 24.3 Å². The molecule has 0 radical (unpaired) electrons. The summed E-state index contributed by atoms with van der Waals surface area (Å²) < 4.78 is 0. The standard InChI is InChI=1S/C11H12ClNO2S/c12-8-4-2-1-3-7(8)11(15)13-9-5-16-6-10(9)14/h1-4,9-10,14H,5-6H2,(H,13,15). The number of hydrogen-bond acceptors (Lipinski definition) is 3. The number of benzene rings is 1. The molecule has 1 saturated heterocycles. The zero-order chi connectivity index (χ0) is 11.5. The molecule has 2 rings (SSSR count). The van der Waals surface area contributed by atoms with Crippen molar-refractivity contribution in [3.8, 4) is 0 Å². The van der Waals surface area contributed by atoms with Gasteiger partial charge >= 0.3 is 0 Å². The molecule has 3 nitrogen and oxygen atoms in total. The molecule has 1 aromatic carbocycles. The Bertz CT molecular complexity index is 399. The number of rotatable bonds is 2. The third-order valence-corrected chi connectivity index (χ3v) is 3.99. The fourth-order valence-electron chi connectivity index (χ4n) is 1.57. The Kier molecular flexibility index (Phi) is 3.74. The van der Waals surface area contributed by atoms with Crippen molar-refractivity contribution in [3.05, 3.63) is 34.9 Å². The van der Waals surface area contributed by atoms with Gasteiger partial charge in [-0.2, -0.15) is 11.8 Å². The monoisotopic (exact) mass is 257 g/mol. The smallest absolute Gasteiger partial charge is 0.253 e. The minimum Gasteiger partial charge on any atom is -0.390 e. The summed E-state index contributed by atoms with van der Waals surface area (Å²) >= 11 is 7.55. The van der Waals surface area contributed by atoms with Crippen molar-refractivity contribution in [1.29, 1.82) is 0 Å². The van der Waals surface area contributed by atoms with Gasteiger partial charge in [-0.15, -0.1) is 0 Å². The highest BCUT2D eigenvalue weighted by molar-refractivity contribution is 7.99. The number of nitrogens with one attached hydrogen (secondary N) is 1. The molecule has 1 aliphatic heterocycles. The Morgan fingerprint density at radius 2 is 2.19 bits per heavy atom. The van der Waals surface area contributed by atoms with E-state index in [-0.39, 0.29) is 11.9 Å². The fraction of sp³-hybridized carbons (Fsp3) is 0.364. The first kappa shape index (κ1) is 11.8. The fourth-order valence-corrected chi connectivity index (χ4v) is 2.96. The van der Waals surface area contributed by atoms with Crippen molar-refractivity contribution in [2.75, 3.05) is 11.5 Å². The van der Waals surface area contributed by atoms with Gasteiger partial charge in [-0.1, -0.05) is 23.7 Å². The molecule has 0 bridgehead atoms. The van der Waals surface area contributed by atoms with Gasteiger partial charge in [-0.3, -0.25) is 4.79 Å². The van der Waals surface area contributed by atoms with E-state index in [1.54, 1.807) is 36.0 Å². The summed E-state index contributed by atoms with van der Waals surface area (Å²) in [5.41, 5.74) is 0.452. The Morgan fingerprint density at radius 3 is 2.81 bits per heavy atom. The maximum Gasteiger partial charge on any atom is 0.253 e. The summed E-state index contributed by atoms with van der Waals surface area (Å²) in [5.74, 6) is 1.20. The van der Waals surface area contributed by atoms with E-state index < -0.39 is 6.10 Å². The van der Waals surface area contributed by atoms with Crippen LogP contribution in [0.25, 0.3) is 0 Å². The lowest BCUT2D eigenvalue weighted by Crippen LogP contribution is -2.42. The van der Waals surface area contributed by atoms with E-state index >= 15 is 0 Å². The van der Waals surface area contributed by atoms with Crippen LogP contribution in [-0.4, -0.2) is 34.7 Å². The molecule has 1 heterocycles. The van der Waals surface area contributed by atoms with Crippen LogP contribution in [0.5, 0.6) is 0 Å². The zero-order valence-corrected chi connectivity index (χ0v) is 10.1. The number of carbonyl (C=O) groups excluding carboxylic acids is 1. The number of aliphatic hydroxyl groups is 1. The van der Waals surface area contributed by atoms with Gasteiger partial charge in [0.1, 0.15) is 0 Å². The van der Waals surface area contributed by atoms with Crippen molar-refractivity contribution in [2.24, 2.45) is 0 Å². The lowest BCUT2D eigenvalue weighted by Gasteiger charge is -2.15. The summed E-state index contributed by atoms with van der Waals surface area (Å²) in [5, 5.41) is 12.8. The Morgan fingerprint density at radius 1 is 1.44 bits per heavy atom. The topological polar surface area (TPSA) is 49.3 Å². The molecule has 5 heteroatoms. The van der Waals surface area contributed by atoms with Crippen LogP contribution in [0.1, 0.15) is 10.4 Å². The molecule has 86 valence electrons. The first-order valence-corrected chi connectivity index (χ1v) is 6.53. The van der Waals surface area contributed by atoms with Crippen LogP contribution in [-0.2, 0) is 0 Å². The number of amides is 1. The predicted molar refractivity (Wildman–Crippen MR) is 66.0 cm³/mol. The maximum absolute atomic E-state index is 11.9. The van der Waals surface area contributed by atoms with Gasteiger partial charge in [0.05, 0.1) is 22.7 Å². The molecular weight excluding hydrogens is 246 g/mol. The first-order chi connectivity index (χ1) is 7.68. The van der Waals surface area contributed by atoms with E-state index in [2.05, 4.69) is 5.32 Å². The van der Waals surface area contributed by atoms with Crippen molar-refractivity contribution in [2.45, 2.75) is 12.1 Å². The Hall–Kier alpha value is -0.710. The highest BCUT2D eigenvalue weighted by atomic mass is 35.5. The molecule has 0 saturated carbocycles. The molecule has 1 fully saturated rings. The average molecular weight is 258 g/mol. The quantitative estimate of drug-likeness (QED) is 0.845. The number of halogens is 1. The van der Waals surface area contributed by atoms with Crippen LogP contribution in [0.2, 0.25) is 5.02 Å². The molecule has 0 spiro atoms. The molecule has 1 aromatic rings. The van der Waals surface area contributed by atoms with Crippen molar-refractivity contribution in [3.63, 3.8) is 0 Å². The minimum absolute atomic E-state index is 0.172. The van der Waals surface area contributed by atoms with Crippen molar-refractivity contribution in [1.82, 2.24) is 5.32 Å². The number of thioether (sulfide) groups is 1. The first-order valence-electron chi connectivity index (χ1n) is 4.99. The zero-order valence-electron chi connectivity index (χ0n) is 8.52. The van der Waals surface area contributed by atoms with E-state index in [4.69, 9.17) is 11.6 Å². The largest absolute Gasteiger partial charge is 0.390 e. The third kappa shape index (κ3) is 2.51. The highest BCUT2D eigenvalue weighted by Crippen LogP contribution is 2.20. The van der Waals surface area contributed by atoms with Gasteiger partial charge in [0.2, 0.25) is 0 Å². The van der Waals surface area contributed by atoms with Crippen molar-refractivity contribution < 1.29 is 9.90 Å². The van der Waals surface area contributed by atoms with Crippen LogP contribution in [0.4, 0.5) is 0 Å². The molecule has 2 N–H and O–H groups in total. The number of carbonyl (C=O) groups is 1. The molecule has 16 heavy (non-hydrogen) atoms. The number of hydrogen-bond donors (Lipinski definition) is 2. The number of aliphatic hydroxyl groups excluding tert-OH is 1. The Balaban J connectivity index is 2.06. The van der Waals surface area contributed by atoms with E-state index in [1.165, 1.54) is 0 Å². The van der Waals surface area contributed by atoms with Crippen molar-refractivity contribution >= 4 is 29.3 Å². The van der Waals surface area contributed by atoms with Crippen LogP contribution < -0.4 is 5.32 Å². The highest BCUT2D eigenvalue weighted by Gasteiger charge is 2.27. The van der Waals surface area contributed by atoms with E-state index in [0.29, 0.717) is 16.3 Å². The van der Waals surface area contributed by atoms with E-state index in [1.807, 2.05) is 0 Å². The normalized spacial score (nSPS) is 24.4. The molecule has 2 unspecified atom stereocenters. The second kappa shape index (κ2) is 5.08. The van der Waals surface area contributed by atoms with Gasteiger partial charge < -0.3 is 10.4 Å². The molecule has 2 atom stereocenters. The van der Waals surface area contributed by atoms with E-state index in [9.17, 15) is 9.90 Å². The van der Waals surface area contributed by atoms with Gasteiger partial charge in [0, 0.05) is 11.5 Å². The molecule has 1 amide bonds. The lowest BCUT2D eigenvalue weighted by molar-refractivity contribution is 0.0889. The Labute approximate surface area is 103 Å².